The number of halogens is 1. The maximum Gasteiger partial charge on any atom is 0.0704 e. The van der Waals surface area contributed by atoms with Gasteiger partial charge in [-0.15, -0.1) is 11.6 Å². The van der Waals surface area contributed by atoms with E-state index in [1.807, 2.05) is 0 Å². The van der Waals surface area contributed by atoms with Gasteiger partial charge in [-0.25, -0.2) is 0 Å². The molecule has 0 aromatic carbocycles. The van der Waals surface area contributed by atoms with Gasteiger partial charge in [0, 0.05) is 5.88 Å². The topological polar surface area (TPSA) is 18.5 Å². The average molecular weight is 263 g/mol. The van der Waals surface area contributed by atoms with Gasteiger partial charge in [-0.3, -0.25) is 0 Å². The van der Waals surface area contributed by atoms with Crippen LogP contribution in [0.15, 0.2) is 0 Å². The molecule has 1 aliphatic rings. The van der Waals surface area contributed by atoms with Gasteiger partial charge in [0.05, 0.1) is 25.9 Å². The zero-order chi connectivity index (χ0) is 12.7. The maximum atomic E-state index is 6.01. The summed E-state index contributed by atoms with van der Waals surface area (Å²) in [4.78, 5) is 0. The molecule has 0 amide bonds. The summed E-state index contributed by atoms with van der Waals surface area (Å²) in [5, 5.41) is 0. The first-order valence-corrected chi connectivity index (χ1v) is 7.44. The maximum absolute atomic E-state index is 6.01. The van der Waals surface area contributed by atoms with Gasteiger partial charge in [0.25, 0.3) is 0 Å². The van der Waals surface area contributed by atoms with Crippen LogP contribution in [0, 0.1) is 17.8 Å². The molecule has 0 saturated heterocycles. The molecular weight excluding hydrogens is 236 g/mol. The van der Waals surface area contributed by atoms with Crippen molar-refractivity contribution in [2.45, 2.75) is 46.1 Å². The van der Waals surface area contributed by atoms with E-state index in [1.54, 1.807) is 0 Å². The molecule has 0 heterocycles. The fraction of sp³-hybridized carbons (Fsp3) is 1.00. The largest absolute Gasteiger partial charge is 0.378 e. The van der Waals surface area contributed by atoms with Crippen molar-refractivity contribution in [3.63, 3.8) is 0 Å². The monoisotopic (exact) mass is 262 g/mol. The average Bonchev–Trinajstić information content (AvgIpc) is 2.28. The van der Waals surface area contributed by atoms with E-state index in [1.165, 1.54) is 19.3 Å². The Hall–Kier alpha value is 0.210. The molecule has 1 saturated carbocycles. The van der Waals surface area contributed by atoms with Gasteiger partial charge in [-0.1, -0.05) is 27.2 Å². The van der Waals surface area contributed by atoms with Gasteiger partial charge in [-0.05, 0) is 30.6 Å². The standard InChI is InChI=1S/C14H27ClO2/c1-11(2)13-5-4-12(3)10-14(13)17-9-8-16-7-6-15/h11-14H,4-10H2,1-3H3. The smallest absolute Gasteiger partial charge is 0.0704 e. The van der Waals surface area contributed by atoms with Gasteiger partial charge >= 0.3 is 0 Å². The predicted octanol–water partition coefficient (Wildman–Crippen LogP) is 3.72. The Balaban J connectivity index is 2.26. The highest BCUT2D eigenvalue weighted by Gasteiger charge is 2.31. The van der Waals surface area contributed by atoms with Crippen LogP contribution in [0.3, 0.4) is 0 Å². The molecule has 3 atom stereocenters. The Morgan fingerprint density at radius 2 is 1.94 bits per heavy atom. The van der Waals surface area contributed by atoms with Gasteiger partial charge in [0.1, 0.15) is 0 Å². The van der Waals surface area contributed by atoms with E-state index in [2.05, 4.69) is 20.8 Å². The highest BCUT2D eigenvalue weighted by Crippen LogP contribution is 2.35. The molecule has 0 aromatic rings. The lowest BCUT2D eigenvalue weighted by Gasteiger charge is -2.37. The summed E-state index contributed by atoms with van der Waals surface area (Å²) >= 11 is 5.55. The highest BCUT2D eigenvalue weighted by molar-refractivity contribution is 6.17. The van der Waals surface area contributed by atoms with Gasteiger partial charge in [-0.2, -0.15) is 0 Å². The minimum absolute atomic E-state index is 0.429. The van der Waals surface area contributed by atoms with Crippen LogP contribution in [-0.2, 0) is 9.47 Å². The summed E-state index contributed by atoms with van der Waals surface area (Å²) in [5.41, 5.74) is 0. The van der Waals surface area contributed by atoms with Crippen molar-refractivity contribution in [1.29, 1.82) is 0 Å². The Kier molecular flexibility index (Phi) is 7.49. The zero-order valence-corrected chi connectivity index (χ0v) is 12.2. The van der Waals surface area contributed by atoms with Crippen molar-refractivity contribution < 1.29 is 9.47 Å². The van der Waals surface area contributed by atoms with Crippen LogP contribution < -0.4 is 0 Å². The first-order valence-electron chi connectivity index (χ1n) is 6.90. The first kappa shape index (κ1) is 15.3. The highest BCUT2D eigenvalue weighted by atomic mass is 35.5. The lowest BCUT2D eigenvalue weighted by atomic mass is 9.75. The molecule has 1 rings (SSSR count). The number of alkyl halides is 1. The molecule has 0 bridgehead atoms. The van der Waals surface area contributed by atoms with Crippen LogP contribution in [0.2, 0.25) is 0 Å². The molecule has 0 spiro atoms. The third kappa shape index (κ3) is 5.58. The zero-order valence-electron chi connectivity index (χ0n) is 11.5. The van der Waals surface area contributed by atoms with Crippen LogP contribution in [0.1, 0.15) is 40.0 Å². The summed E-state index contributed by atoms with van der Waals surface area (Å²) in [6, 6.07) is 0. The van der Waals surface area contributed by atoms with Crippen LogP contribution in [0.5, 0.6) is 0 Å². The van der Waals surface area contributed by atoms with Crippen molar-refractivity contribution in [1.82, 2.24) is 0 Å². The predicted molar refractivity (Wildman–Crippen MR) is 72.6 cm³/mol. The Morgan fingerprint density at radius 3 is 2.59 bits per heavy atom. The number of rotatable bonds is 7. The van der Waals surface area contributed by atoms with Gasteiger partial charge < -0.3 is 9.47 Å². The van der Waals surface area contributed by atoms with Gasteiger partial charge in [0.2, 0.25) is 0 Å². The fourth-order valence-corrected chi connectivity index (χ4v) is 2.83. The Bertz CT molecular complexity index is 197. The molecule has 102 valence electrons. The fourth-order valence-electron chi connectivity index (χ4n) is 2.72. The van der Waals surface area contributed by atoms with Crippen molar-refractivity contribution in [3.05, 3.63) is 0 Å². The van der Waals surface area contributed by atoms with Crippen LogP contribution in [0.4, 0.5) is 0 Å². The molecule has 3 heteroatoms. The van der Waals surface area contributed by atoms with Crippen molar-refractivity contribution in [2.24, 2.45) is 17.8 Å². The second-order valence-corrected chi connectivity index (χ2v) is 5.91. The third-order valence-corrected chi connectivity index (χ3v) is 3.90. The summed E-state index contributed by atoms with van der Waals surface area (Å²) in [7, 11) is 0. The number of hydrogen-bond donors (Lipinski definition) is 0. The van der Waals surface area contributed by atoms with E-state index in [-0.39, 0.29) is 0 Å². The van der Waals surface area contributed by atoms with E-state index in [0.717, 1.165) is 17.8 Å². The third-order valence-electron chi connectivity index (χ3n) is 3.74. The number of ether oxygens (including phenoxy) is 2. The molecule has 0 aromatic heterocycles. The molecule has 17 heavy (non-hydrogen) atoms. The van der Waals surface area contributed by atoms with Gasteiger partial charge in [0.15, 0.2) is 0 Å². The Labute approximate surface area is 111 Å². The quantitative estimate of drug-likeness (QED) is 0.514. The minimum atomic E-state index is 0.429. The second-order valence-electron chi connectivity index (χ2n) is 5.54. The lowest BCUT2D eigenvalue weighted by molar-refractivity contribution is -0.0569. The van der Waals surface area contributed by atoms with E-state index >= 15 is 0 Å². The molecular formula is C14H27ClO2. The van der Waals surface area contributed by atoms with E-state index in [0.29, 0.717) is 31.8 Å². The second kappa shape index (κ2) is 8.34. The lowest BCUT2D eigenvalue weighted by Crippen LogP contribution is -2.35. The molecule has 2 nitrogen and oxygen atoms in total. The summed E-state index contributed by atoms with van der Waals surface area (Å²) in [6.45, 7) is 8.94. The van der Waals surface area contributed by atoms with E-state index in [9.17, 15) is 0 Å². The summed E-state index contributed by atoms with van der Waals surface area (Å²) in [6.07, 6.45) is 4.30. The van der Waals surface area contributed by atoms with E-state index < -0.39 is 0 Å². The Morgan fingerprint density at radius 1 is 1.18 bits per heavy atom. The number of hydrogen-bond acceptors (Lipinski definition) is 2. The SMILES string of the molecule is CC1CCC(C(C)C)C(OCCOCCCl)C1. The normalized spacial score (nSPS) is 29.8. The molecule has 0 aliphatic heterocycles. The first-order chi connectivity index (χ1) is 8.15. The van der Waals surface area contributed by atoms with Crippen LogP contribution in [0.25, 0.3) is 0 Å². The molecule has 0 N–H and O–H groups in total. The molecule has 0 radical (unpaired) electrons. The summed E-state index contributed by atoms with van der Waals surface area (Å²) < 4.78 is 11.3. The van der Waals surface area contributed by atoms with Crippen molar-refractivity contribution in [2.75, 3.05) is 25.7 Å². The van der Waals surface area contributed by atoms with Crippen molar-refractivity contribution >= 4 is 11.6 Å². The molecule has 3 unspecified atom stereocenters. The van der Waals surface area contributed by atoms with Crippen LogP contribution in [-0.4, -0.2) is 31.8 Å². The summed E-state index contributed by atoms with van der Waals surface area (Å²) in [5.74, 6) is 2.81. The van der Waals surface area contributed by atoms with E-state index in [4.69, 9.17) is 21.1 Å². The minimum Gasteiger partial charge on any atom is -0.378 e. The molecule has 1 fully saturated rings. The van der Waals surface area contributed by atoms with Crippen LogP contribution >= 0.6 is 11.6 Å². The van der Waals surface area contributed by atoms with Crippen molar-refractivity contribution in [3.8, 4) is 0 Å². The molecule has 1 aliphatic carbocycles.